The van der Waals surface area contributed by atoms with Gasteiger partial charge in [0.2, 0.25) is 0 Å². The summed E-state index contributed by atoms with van der Waals surface area (Å²) in [5.41, 5.74) is 3.65. The molecule has 0 aromatic heterocycles. The first kappa shape index (κ1) is 14.4. The summed E-state index contributed by atoms with van der Waals surface area (Å²) in [6.07, 6.45) is 1.51. The van der Waals surface area contributed by atoms with Crippen molar-refractivity contribution in [2.75, 3.05) is 7.11 Å². The number of benzene rings is 1. The lowest BCUT2D eigenvalue weighted by molar-refractivity contribution is 0.0653. The predicted molar refractivity (Wildman–Crippen MR) is 67.3 cm³/mol. The summed E-state index contributed by atoms with van der Waals surface area (Å²) in [5, 5.41) is 0.128. The van der Waals surface area contributed by atoms with E-state index < -0.39 is 5.82 Å². The molecule has 0 saturated carbocycles. The lowest BCUT2D eigenvalue weighted by Gasteiger charge is -2.24. The molecule has 2 unspecified atom stereocenters. The summed E-state index contributed by atoms with van der Waals surface area (Å²) in [6, 6.07) is 4.66. The number of nitrogens with two attached hydrogens (primary N) is 1. The number of hydrogen-bond acceptors (Lipinski definition) is 3. The topological polar surface area (TPSA) is 47.3 Å². The van der Waals surface area contributed by atoms with Crippen LogP contribution < -0.4 is 11.3 Å². The average Bonchev–Trinajstić information content (AvgIpc) is 2.33. The minimum atomic E-state index is -0.411. The fourth-order valence-electron chi connectivity index (χ4n) is 1.83. The highest BCUT2D eigenvalue weighted by Crippen LogP contribution is 2.18. The van der Waals surface area contributed by atoms with Crippen molar-refractivity contribution in [3.05, 3.63) is 34.6 Å². The molecule has 3 N–H and O–H groups in total. The normalized spacial score (nSPS) is 14.6. The fraction of sp³-hybridized carbons (Fsp3) is 0.500. The van der Waals surface area contributed by atoms with Gasteiger partial charge in [-0.1, -0.05) is 24.6 Å². The maximum absolute atomic E-state index is 13.0. The van der Waals surface area contributed by atoms with Gasteiger partial charge < -0.3 is 4.74 Å². The standard InChI is InChI=1S/C12H18ClFN2O/c1-3-12(17-2)11(16-15)7-8-4-5-10(14)9(13)6-8/h4-6,11-12,16H,3,7,15H2,1-2H3. The van der Waals surface area contributed by atoms with E-state index in [1.165, 1.54) is 6.07 Å². The van der Waals surface area contributed by atoms with Crippen LogP contribution in [-0.4, -0.2) is 19.3 Å². The molecular weight excluding hydrogens is 243 g/mol. The summed E-state index contributed by atoms with van der Waals surface area (Å²) >= 11 is 5.73. The van der Waals surface area contributed by atoms with Crippen LogP contribution in [0.5, 0.6) is 0 Å². The van der Waals surface area contributed by atoms with Crippen molar-refractivity contribution >= 4 is 11.6 Å². The Morgan fingerprint density at radius 1 is 1.53 bits per heavy atom. The van der Waals surface area contributed by atoms with Gasteiger partial charge in [0.1, 0.15) is 5.82 Å². The highest BCUT2D eigenvalue weighted by Gasteiger charge is 2.19. The zero-order valence-electron chi connectivity index (χ0n) is 10.0. The Kier molecular flexibility index (Phi) is 5.85. The van der Waals surface area contributed by atoms with Crippen LogP contribution in [0, 0.1) is 5.82 Å². The Hall–Kier alpha value is -0.680. The number of ether oxygens (including phenoxy) is 1. The van der Waals surface area contributed by atoms with E-state index in [4.69, 9.17) is 22.2 Å². The van der Waals surface area contributed by atoms with E-state index in [0.717, 1.165) is 12.0 Å². The van der Waals surface area contributed by atoms with E-state index in [1.807, 2.05) is 6.92 Å². The summed E-state index contributed by atoms with van der Waals surface area (Å²) < 4.78 is 18.3. The van der Waals surface area contributed by atoms with Crippen LogP contribution in [-0.2, 0) is 11.2 Å². The van der Waals surface area contributed by atoms with Crippen LogP contribution in [0.1, 0.15) is 18.9 Å². The molecule has 0 fully saturated rings. The van der Waals surface area contributed by atoms with E-state index >= 15 is 0 Å². The zero-order valence-corrected chi connectivity index (χ0v) is 10.8. The van der Waals surface area contributed by atoms with Crippen molar-refractivity contribution in [3.8, 4) is 0 Å². The molecule has 0 spiro atoms. The van der Waals surface area contributed by atoms with Crippen molar-refractivity contribution in [1.82, 2.24) is 5.43 Å². The Morgan fingerprint density at radius 2 is 2.24 bits per heavy atom. The third-order valence-electron chi connectivity index (χ3n) is 2.81. The second-order valence-corrected chi connectivity index (χ2v) is 4.32. The molecule has 0 aliphatic carbocycles. The highest BCUT2D eigenvalue weighted by molar-refractivity contribution is 6.30. The molecule has 3 nitrogen and oxygen atoms in total. The third kappa shape index (κ3) is 3.92. The molecule has 0 amide bonds. The Balaban J connectivity index is 2.76. The zero-order chi connectivity index (χ0) is 12.8. The molecular formula is C12H18ClFN2O. The molecule has 5 heteroatoms. The average molecular weight is 261 g/mol. The molecule has 0 bridgehead atoms. The summed E-state index contributed by atoms with van der Waals surface area (Å²) in [7, 11) is 1.65. The third-order valence-corrected chi connectivity index (χ3v) is 3.10. The molecule has 0 saturated heterocycles. The first-order chi connectivity index (χ1) is 8.12. The van der Waals surface area contributed by atoms with Crippen LogP contribution >= 0.6 is 11.6 Å². The van der Waals surface area contributed by atoms with Gasteiger partial charge in [0, 0.05) is 7.11 Å². The maximum atomic E-state index is 13.0. The van der Waals surface area contributed by atoms with E-state index in [0.29, 0.717) is 6.42 Å². The quantitative estimate of drug-likeness (QED) is 0.609. The number of hydrazine groups is 1. The molecule has 1 aromatic carbocycles. The van der Waals surface area contributed by atoms with Gasteiger partial charge in [-0.25, -0.2) is 4.39 Å². The van der Waals surface area contributed by atoms with Gasteiger partial charge in [0.15, 0.2) is 0 Å². The number of nitrogens with one attached hydrogen (secondary N) is 1. The molecule has 0 aliphatic heterocycles. The minimum absolute atomic E-state index is 0.0174. The first-order valence-electron chi connectivity index (χ1n) is 5.55. The number of halogens is 2. The van der Waals surface area contributed by atoms with Gasteiger partial charge in [-0.3, -0.25) is 11.3 Å². The van der Waals surface area contributed by atoms with E-state index in [2.05, 4.69) is 5.43 Å². The Labute approximate surface area is 106 Å². The number of rotatable bonds is 6. The molecule has 0 heterocycles. The molecule has 2 atom stereocenters. The minimum Gasteiger partial charge on any atom is -0.380 e. The number of hydrogen-bond donors (Lipinski definition) is 2. The van der Waals surface area contributed by atoms with E-state index in [1.54, 1.807) is 19.2 Å². The molecule has 1 aromatic rings. The Bertz CT molecular complexity index is 358. The SMILES string of the molecule is CCC(OC)C(Cc1ccc(F)c(Cl)c1)NN. The summed E-state index contributed by atoms with van der Waals surface area (Å²) in [6.45, 7) is 2.02. The molecule has 0 aliphatic rings. The smallest absolute Gasteiger partial charge is 0.141 e. The molecule has 96 valence electrons. The second kappa shape index (κ2) is 6.91. The van der Waals surface area contributed by atoms with Crippen LogP contribution in [0.4, 0.5) is 4.39 Å². The Morgan fingerprint density at radius 3 is 2.71 bits per heavy atom. The van der Waals surface area contributed by atoms with Crippen molar-refractivity contribution in [2.24, 2.45) is 5.84 Å². The van der Waals surface area contributed by atoms with Crippen LogP contribution in [0.25, 0.3) is 0 Å². The van der Waals surface area contributed by atoms with Crippen LogP contribution in [0.15, 0.2) is 18.2 Å². The van der Waals surface area contributed by atoms with E-state index in [9.17, 15) is 4.39 Å². The maximum Gasteiger partial charge on any atom is 0.141 e. The fourth-order valence-corrected chi connectivity index (χ4v) is 2.04. The monoisotopic (exact) mass is 260 g/mol. The molecule has 1 rings (SSSR count). The van der Waals surface area contributed by atoms with Crippen LogP contribution in [0.3, 0.4) is 0 Å². The highest BCUT2D eigenvalue weighted by atomic mass is 35.5. The largest absolute Gasteiger partial charge is 0.380 e. The first-order valence-corrected chi connectivity index (χ1v) is 5.93. The molecule has 17 heavy (non-hydrogen) atoms. The van der Waals surface area contributed by atoms with Gasteiger partial charge in [-0.15, -0.1) is 0 Å². The van der Waals surface area contributed by atoms with Crippen molar-refractivity contribution in [2.45, 2.75) is 31.9 Å². The van der Waals surface area contributed by atoms with Crippen LogP contribution in [0.2, 0.25) is 5.02 Å². The van der Waals surface area contributed by atoms with Gasteiger partial charge in [-0.05, 0) is 30.5 Å². The van der Waals surface area contributed by atoms with Crippen molar-refractivity contribution in [1.29, 1.82) is 0 Å². The van der Waals surface area contributed by atoms with Crippen molar-refractivity contribution in [3.63, 3.8) is 0 Å². The summed E-state index contributed by atoms with van der Waals surface area (Å²) in [5.74, 6) is 5.09. The van der Waals surface area contributed by atoms with Gasteiger partial charge in [-0.2, -0.15) is 0 Å². The van der Waals surface area contributed by atoms with Gasteiger partial charge in [0.05, 0.1) is 17.2 Å². The number of methoxy groups -OCH3 is 1. The second-order valence-electron chi connectivity index (χ2n) is 3.91. The van der Waals surface area contributed by atoms with E-state index in [-0.39, 0.29) is 17.2 Å². The van der Waals surface area contributed by atoms with Gasteiger partial charge in [0.25, 0.3) is 0 Å². The lowest BCUT2D eigenvalue weighted by atomic mass is 10.00. The van der Waals surface area contributed by atoms with Gasteiger partial charge >= 0.3 is 0 Å². The predicted octanol–water partition coefficient (Wildman–Crippen LogP) is 2.28. The summed E-state index contributed by atoms with van der Waals surface area (Å²) in [4.78, 5) is 0. The van der Waals surface area contributed by atoms with Crippen molar-refractivity contribution < 1.29 is 9.13 Å². The molecule has 0 radical (unpaired) electrons. The lowest BCUT2D eigenvalue weighted by Crippen LogP contribution is -2.46.